The Morgan fingerprint density at radius 1 is 1.30 bits per heavy atom. The summed E-state index contributed by atoms with van der Waals surface area (Å²) in [4.78, 5) is 5.21. The molecule has 106 valence electrons. The Labute approximate surface area is 121 Å². The third-order valence-corrected chi connectivity index (χ3v) is 4.19. The van der Waals surface area contributed by atoms with Crippen LogP contribution in [0.2, 0.25) is 0 Å². The number of aromatic nitrogens is 1. The number of nitrogens with zero attached hydrogens (tertiary/aromatic N) is 2. The molecule has 0 radical (unpaired) electrons. The molecule has 1 aliphatic heterocycles. The second kappa shape index (κ2) is 6.41. The highest BCUT2D eigenvalue weighted by Crippen LogP contribution is 2.28. The van der Waals surface area contributed by atoms with Crippen molar-refractivity contribution < 1.29 is 9.13 Å². The van der Waals surface area contributed by atoms with Crippen LogP contribution in [-0.4, -0.2) is 36.3 Å². The van der Waals surface area contributed by atoms with Gasteiger partial charge in [-0.2, -0.15) is 0 Å². The number of rotatable bonds is 4. The van der Waals surface area contributed by atoms with E-state index in [1.165, 1.54) is 17.4 Å². The van der Waals surface area contributed by atoms with Gasteiger partial charge in [0, 0.05) is 24.8 Å². The van der Waals surface area contributed by atoms with E-state index >= 15 is 0 Å². The van der Waals surface area contributed by atoms with E-state index in [1.807, 2.05) is 6.07 Å². The lowest BCUT2D eigenvalue weighted by Gasteiger charge is -2.26. The summed E-state index contributed by atoms with van der Waals surface area (Å²) < 4.78 is 19.0. The number of hydrogen-bond donors (Lipinski definition) is 1. The highest BCUT2D eigenvalue weighted by atomic mass is 32.1. The van der Waals surface area contributed by atoms with Crippen molar-refractivity contribution in [2.45, 2.75) is 6.54 Å². The fourth-order valence-electron chi connectivity index (χ4n) is 2.08. The lowest BCUT2D eigenvalue weighted by molar-refractivity contribution is 0.0105. The number of benzene rings is 1. The van der Waals surface area contributed by atoms with E-state index in [0.717, 1.165) is 36.2 Å². The molecule has 4 nitrogen and oxygen atoms in total. The Morgan fingerprint density at radius 2 is 2.10 bits per heavy atom. The van der Waals surface area contributed by atoms with Gasteiger partial charge in [-0.3, -0.25) is 0 Å². The minimum Gasteiger partial charge on any atom is -0.379 e. The standard InChI is InChI=1S/C14H16FN3OS/c15-12-4-2-1-3-11(12)13-9-16-14(20-13)10-17-18-5-7-19-8-6-18/h1-4,9,17H,5-8,10H2. The van der Waals surface area contributed by atoms with Crippen molar-refractivity contribution in [1.29, 1.82) is 0 Å². The zero-order chi connectivity index (χ0) is 13.8. The quantitative estimate of drug-likeness (QED) is 0.938. The van der Waals surface area contributed by atoms with Gasteiger partial charge in [-0.05, 0) is 6.07 Å². The number of hydrazine groups is 1. The zero-order valence-electron chi connectivity index (χ0n) is 11.0. The second-order valence-electron chi connectivity index (χ2n) is 4.53. The summed E-state index contributed by atoms with van der Waals surface area (Å²) in [6, 6.07) is 6.79. The first kappa shape index (κ1) is 13.6. The van der Waals surface area contributed by atoms with Crippen molar-refractivity contribution in [1.82, 2.24) is 15.4 Å². The Kier molecular flexibility index (Phi) is 4.37. The Hall–Kier alpha value is -1.34. The van der Waals surface area contributed by atoms with Crippen LogP contribution in [0.25, 0.3) is 10.4 Å². The topological polar surface area (TPSA) is 37.4 Å². The van der Waals surface area contributed by atoms with E-state index < -0.39 is 0 Å². The predicted octanol–water partition coefficient (Wildman–Crippen LogP) is 2.29. The highest BCUT2D eigenvalue weighted by molar-refractivity contribution is 7.15. The van der Waals surface area contributed by atoms with Crippen molar-refractivity contribution in [3.63, 3.8) is 0 Å². The molecule has 1 aliphatic rings. The largest absolute Gasteiger partial charge is 0.379 e. The summed E-state index contributed by atoms with van der Waals surface area (Å²) in [6.07, 6.45) is 1.74. The van der Waals surface area contributed by atoms with Crippen LogP contribution < -0.4 is 5.43 Å². The van der Waals surface area contributed by atoms with Gasteiger partial charge in [-0.1, -0.05) is 18.2 Å². The van der Waals surface area contributed by atoms with E-state index in [1.54, 1.807) is 18.3 Å². The van der Waals surface area contributed by atoms with E-state index in [4.69, 9.17) is 4.74 Å². The van der Waals surface area contributed by atoms with Crippen LogP contribution in [0.5, 0.6) is 0 Å². The first-order valence-corrected chi connectivity index (χ1v) is 7.40. The van der Waals surface area contributed by atoms with Crippen LogP contribution in [0.15, 0.2) is 30.5 Å². The molecular formula is C14H16FN3OS. The van der Waals surface area contributed by atoms with Crippen molar-refractivity contribution in [3.05, 3.63) is 41.3 Å². The maximum Gasteiger partial charge on any atom is 0.131 e. The van der Waals surface area contributed by atoms with Crippen LogP contribution in [0, 0.1) is 5.82 Å². The van der Waals surface area contributed by atoms with Gasteiger partial charge in [0.25, 0.3) is 0 Å². The Bertz CT molecular complexity index is 569. The summed E-state index contributed by atoms with van der Waals surface area (Å²) in [7, 11) is 0. The van der Waals surface area contributed by atoms with Crippen molar-refractivity contribution in [2.24, 2.45) is 0 Å². The Balaban J connectivity index is 1.63. The Morgan fingerprint density at radius 3 is 2.90 bits per heavy atom. The first-order chi connectivity index (χ1) is 9.83. The summed E-state index contributed by atoms with van der Waals surface area (Å²) in [5.74, 6) is -0.205. The number of hydrogen-bond acceptors (Lipinski definition) is 5. The van der Waals surface area contributed by atoms with Crippen molar-refractivity contribution in [2.75, 3.05) is 26.3 Å². The number of thiazole rings is 1. The normalized spacial score (nSPS) is 16.4. The van der Waals surface area contributed by atoms with Gasteiger partial charge in [0.05, 0.1) is 24.6 Å². The van der Waals surface area contributed by atoms with Crippen molar-refractivity contribution >= 4 is 11.3 Å². The molecule has 0 spiro atoms. The monoisotopic (exact) mass is 293 g/mol. The highest BCUT2D eigenvalue weighted by Gasteiger charge is 2.12. The second-order valence-corrected chi connectivity index (χ2v) is 5.65. The molecule has 0 atom stereocenters. The molecule has 1 aromatic carbocycles. The number of ether oxygens (including phenoxy) is 1. The van der Waals surface area contributed by atoms with Gasteiger partial charge in [0.2, 0.25) is 0 Å². The van der Waals surface area contributed by atoms with Crippen LogP contribution >= 0.6 is 11.3 Å². The SMILES string of the molecule is Fc1ccccc1-c1cnc(CNN2CCOCC2)s1. The van der Waals surface area contributed by atoms with E-state index in [0.29, 0.717) is 12.1 Å². The smallest absolute Gasteiger partial charge is 0.131 e. The van der Waals surface area contributed by atoms with Gasteiger partial charge in [-0.25, -0.2) is 19.8 Å². The summed E-state index contributed by atoms with van der Waals surface area (Å²) in [5.41, 5.74) is 3.94. The lowest BCUT2D eigenvalue weighted by Crippen LogP contribution is -2.45. The number of nitrogens with one attached hydrogen (secondary N) is 1. The minimum absolute atomic E-state index is 0.205. The van der Waals surface area contributed by atoms with E-state index in [2.05, 4.69) is 15.4 Å². The average Bonchev–Trinajstić information content (AvgIpc) is 2.95. The van der Waals surface area contributed by atoms with Gasteiger partial charge in [0.15, 0.2) is 0 Å². The molecule has 1 saturated heterocycles. The average molecular weight is 293 g/mol. The fourth-order valence-corrected chi connectivity index (χ4v) is 2.96. The third-order valence-electron chi connectivity index (χ3n) is 3.16. The van der Waals surface area contributed by atoms with Gasteiger partial charge >= 0.3 is 0 Å². The molecule has 0 saturated carbocycles. The summed E-state index contributed by atoms with van der Waals surface area (Å²) in [6.45, 7) is 3.94. The molecule has 6 heteroatoms. The number of morpholine rings is 1. The van der Waals surface area contributed by atoms with Crippen LogP contribution in [0.4, 0.5) is 4.39 Å². The molecule has 0 aliphatic carbocycles. The van der Waals surface area contributed by atoms with Gasteiger partial charge in [-0.15, -0.1) is 11.3 Å². The van der Waals surface area contributed by atoms with Crippen LogP contribution in [0.3, 0.4) is 0 Å². The molecule has 1 N–H and O–H groups in total. The number of halogens is 1. The molecular weight excluding hydrogens is 277 g/mol. The summed E-state index contributed by atoms with van der Waals surface area (Å²) in [5, 5.41) is 3.09. The summed E-state index contributed by atoms with van der Waals surface area (Å²) >= 11 is 1.52. The molecule has 1 aromatic heterocycles. The molecule has 1 fully saturated rings. The van der Waals surface area contributed by atoms with Gasteiger partial charge < -0.3 is 4.74 Å². The van der Waals surface area contributed by atoms with E-state index in [9.17, 15) is 4.39 Å². The lowest BCUT2D eigenvalue weighted by atomic mass is 10.2. The van der Waals surface area contributed by atoms with Crippen molar-refractivity contribution in [3.8, 4) is 10.4 Å². The molecule has 2 heterocycles. The molecule has 0 unspecified atom stereocenters. The molecule has 0 bridgehead atoms. The first-order valence-electron chi connectivity index (χ1n) is 6.59. The molecule has 0 amide bonds. The maximum absolute atomic E-state index is 13.7. The fraction of sp³-hybridized carbons (Fsp3) is 0.357. The van der Waals surface area contributed by atoms with Crippen LogP contribution in [0.1, 0.15) is 5.01 Å². The zero-order valence-corrected chi connectivity index (χ0v) is 11.8. The molecule has 20 heavy (non-hydrogen) atoms. The van der Waals surface area contributed by atoms with E-state index in [-0.39, 0.29) is 5.82 Å². The van der Waals surface area contributed by atoms with Crippen LogP contribution in [-0.2, 0) is 11.3 Å². The molecule has 2 aromatic rings. The third kappa shape index (κ3) is 3.21. The van der Waals surface area contributed by atoms with Gasteiger partial charge in [0.1, 0.15) is 10.8 Å². The molecule has 3 rings (SSSR count). The minimum atomic E-state index is -0.205. The predicted molar refractivity (Wildman–Crippen MR) is 76.7 cm³/mol. The maximum atomic E-state index is 13.7.